The Morgan fingerprint density at radius 2 is 2.09 bits per heavy atom. The first kappa shape index (κ1) is 17.3. The molecule has 1 aromatic rings. The third kappa shape index (κ3) is 5.59. The number of nitrogens with two attached hydrogens (primary N) is 1. The van der Waals surface area contributed by atoms with Gasteiger partial charge in [0.25, 0.3) is 0 Å². The molecule has 1 fully saturated rings. The lowest BCUT2D eigenvalue weighted by Gasteiger charge is -2.36. The molecule has 0 aliphatic carbocycles. The highest BCUT2D eigenvalue weighted by Gasteiger charge is 2.25. The molecule has 0 saturated carbocycles. The fourth-order valence-corrected chi connectivity index (χ4v) is 3.22. The van der Waals surface area contributed by atoms with Gasteiger partial charge in [0.2, 0.25) is 0 Å². The molecule has 2 N–H and O–H groups in total. The maximum absolute atomic E-state index is 11.5. The average Bonchev–Trinajstić information content (AvgIpc) is 2.47. The van der Waals surface area contributed by atoms with Crippen molar-refractivity contribution in [1.82, 2.24) is 4.90 Å². The van der Waals surface area contributed by atoms with Crippen molar-refractivity contribution in [2.75, 3.05) is 19.7 Å². The first-order valence-corrected chi connectivity index (χ1v) is 8.32. The van der Waals surface area contributed by atoms with E-state index in [1.807, 2.05) is 19.1 Å². The summed E-state index contributed by atoms with van der Waals surface area (Å²) in [5.74, 6) is 0.353. The second kappa shape index (κ2) is 8.51. The molecular weight excluding hydrogens is 300 g/mol. The predicted molar refractivity (Wildman–Crippen MR) is 88.7 cm³/mol. The Balaban J connectivity index is 1.84. The Morgan fingerprint density at radius 3 is 2.77 bits per heavy atom. The molecule has 1 saturated heterocycles. The van der Waals surface area contributed by atoms with Gasteiger partial charge in [0.1, 0.15) is 0 Å². The molecule has 1 heterocycles. The summed E-state index contributed by atoms with van der Waals surface area (Å²) in [4.78, 5) is 13.9. The molecule has 1 aliphatic rings. The van der Waals surface area contributed by atoms with Crippen molar-refractivity contribution in [3.8, 4) is 0 Å². The Hall–Kier alpha value is -1.10. The van der Waals surface area contributed by atoms with Crippen molar-refractivity contribution >= 4 is 17.6 Å². The van der Waals surface area contributed by atoms with E-state index in [-0.39, 0.29) is 12.0 Å². The number of piperidine rings is 1. The van der Waals surface area contributed by atoms with E-state index in [1.54, 1.807) is 0 Å². The molecule has 0 radical (unpaired) electrons. The Labute approximate surface area is 137 Å². The average molecular weight is 325 g/mol. The Bertz CT molecular complexity index is 478. The fourth-order valence-electron chi connectivity index (χ4n) is 3.09. The monoisotopic (exact) mass is 324 g/mol. The highest BCUT2D eigenvalue weighted by molar-refractivity contribution is 6.30. The molecule has 0 aromatic heterocycles. The van der Waals surface area contributed by atoms with Crippen LogP contribution >= 0.6 is 11.6 Å². The minimum atomic E-state index is -0.106. The number of hydrogen-bond acceptors (Lipinski definition) is 4. The third-order valence-electron chi connectivity index (χ3n) is 4.03. The van der Waals surface area contributed by atoms with Gasteiger partial charge in [-0.1, -0.05) is 23.7 Å². The Kier molecular flexibility index (Phi) is 6.68. The summed E-state index contributed by atoms with van der Waals surface area (Å²) in [6.07, 6.45) is 2.32. The van der Waals surface area contributed by atoms with Crippen LogP contribution in [-0.4, -0.2) is 36.6 Å². The second-order valence-electron chi connectivity index (χ2n) is 6.03. The van der Waals surface area contributed by atoms with Crippen LogP contribution in [0.3, 0.4) is 0 Å². The molecule has 0 amide bonds. The number of nitrogens with zero attached hydrogens (tertiary/aromatic N) is 1. The van der Waals surface area contributed by atoms with Gasteiger partial charge in [-0.3, -0.25) is 9.69 Å². The van der Waals surface area contributed by atoms with Crippen LogP contribution in [0.25, 0.3) is 0 Å². The topological polar surface area (TPSA) is 55.6 Å². The molecule has 2 rings (SSSR count). The molecule has 2 atom stereocenters. The van der Waals surface area contributed by atoms with E-state index >= 15 is 0 Å². The first-order chi connectivity index (χ1) is 10.6. The molecule has 22 heavy (non-hydrogen) atoms. The number of halogens is 1. The van der Waals surface area contributed by atoms with E-state index in [0.29, 0.717) is 18.9 Å². The minimum Gasteiger partial charge on any atom is -0.466 e. The molecule has 1 aromatic carbocycles. The number of hydrogen-bond donors (Lipinski definition) is 1. The van der Waals surface area contributed by atoms with Crippen molar-refractivity contribution in [3.63, 3.8) is 0 Å². The van der Waals surface area contributed by atoms with E-state index in [2.05, 4.69) is 17.0 Å². The van der Waals surface area contributed by atoms with Crippen LogP contribution in [-0.2, 0) is 16.1 Å². The summed E-state index contributed by atoms with van der Waals surface area (Å²) < 4.78 is 5.00. The highest BCUT2D eigenvalue weighted by atomic mass is 35.5. The lowest BCUT2D eigenvalue weighted by molar-refractivity contribution is -0.143. The number of esters is 1. The van der Waals surface area contributed by atoms with E-state index in [0.717, 1.165) is 37.5 Å². The summed E-state index contributed by atoms with van der Waals surface area (Å²) in [7, 11) is 0. The van der Waals surface area contributed by atoms with Crippen molar-refractivity contribution in [2.45, 2.75) is 38.8 Å². The standard InChI is InChI=1S/C17H25ClN2O2/c1-2-22-17(21)8-5-14-9-16(19)12-20(11-14)10-13-3-6-15(18)7-4-13/h3-4,6-7,14,16H,2,5,8-12,19H2,1H3. The van der Waals surface area contributed by atoms with Crippen molar-refractivity contribution in [2.24, 2.45) is 11.7 Å². The molecule has 1 aliphatic heterocycles. The number of rotatable bonds is 6. The maximum Gasteiger partial charge on any atom is 0.305 e. The summed E-state index contributed by atoms with van der Waals surface area (Å²) in [5.41, 5.74) is 7.42. The number of likely N-dealkylation sites (tertiary alicyclic amines) is 1. The van der Waals surface area contributed by atoms with Crippen molar-refractivity contribution < 1.29 is 9.53 Å². The normalized spacial score (nSPS) is 22.5. The van der Waals surface area contributed by atoms with E-state index in [1.165, 1.54) is 5.56 Å². The molecule has 0 spiro atoms. The highest BCUT2D eigenvalue weighted by Crippen LogP contribution is 2.22. The summed E-state index contributed by atoms with van der Waals surface area (Å²) in [5, 5.41) is 0.756. The summed E-state index contributed by atoms with van der Waals surface area (Å²) in [6, 6.07) is 8.11. The number of carbonyl (C=O) groups excluding carboxylic acids is 1. The van der Waals surface area contributed by atoms with Crippen LogP contribution < -0.4 is 5.73 Å². The van der Waals surface area contributed by atoms with Gasteiger partial charge in [0, 0.05) is 37.1 Å². The van der Waals surface area contributed by atoms with E-state index in [9.17, 15) is 4.79 Å². The van der Waals surface area contributed by atoms with Crippen LogP contribution in [0.1, 0.15) is 31.7 Å². The van der Waals surface area contributed by atoms with Crippen LogP contribution in [0.15, 0.2) is 24.3 Å². The van der Waals surface area contributed by atoms with Crippen LogP contribution in [0.2, 0.25) is 5.02 Å². The maximum atomic E-state index is 11.5. The van der Waals surface area contributed by atoms with E-state index < -0.39 is 0 Å². The van der Waals surface area contributed by atoms with Gasteiger partial charge in [-0.25, -0.2) is 0 Å². The fraction of sp³-hybridized carbons (Fsp3) is 0.588. The Morgan fingerprint density at radius 1 is 1.36 bits per heavy atom. The smallest absolute Gasteiger partial charge is 0.305 e. The van der Waals surface area contributed by atoms with Gasteiger partial charge in [-0.15, -0.1) is 0 Å². The molecule has 0 bridgehead atoms. The first-order valence-electron chi connectivity index (χ1n) is 7.94. The van der Waals surface area contributed by atoms with Crippen molar-refractivity contribution in [1.29, 1.82) is 0 Å². The summed E-state index contributed by atoms with van der Waals surface area (Å²) >= 11 is 5.92. The lowest BCUT2D eigenvalue weighted by Crippen LogP contribution is -2.46. The van der Waals surface area contributed by atoms with Crippen LogP contribution in [0.4, 0.5) is 0 Å². The van der Waals surface area contributed by atoms with Crippen LogP contribution in [0, 0.1) is 5.92 Å². The quantitative estimate of drug-likeness (QED) is 0.818. The SMILES string of the molecule is CCOC(=O)CCC1CC(N)CN(Cc2ccc(Cl)cc2)C1. The van der Waals surface area contributed by atoms with E-state index in [4.69, 9.17) is 22.1 Å². The number of carbonyl (C=O) groups is 1. The zero-order valence-corrected chi connectivity index (χ0v) is 13.9. The van der Waals surface area contributed by atoms with Gasteiger partial charge < -0.3 is 10.5 Å². The third-order valence-corrected chi connectivity index (χ3v) is 4.28. The zero-order valence-electron chi connectivity index (χ0n) is 13.1. The summed E-state index contributed by atoms with van der Waals surface area (Å²) in [6.45, 7) is 5.04. The van der Waals surface area contributed by atoms with Gasteiger partial charge in [0.05, 0.1) is 6.61 Å². The zero-order chi connectivity index (χ0) is 15.9. The van der Waals surface area contributed by atoms with Gasteiger partial charge in [0.15, 0.2) is 0 Å². The molecule has 122 valence electrons. The largest absolute Gasteiger partial charge is 0.466 e. The second-order valence-corrected chi connectivity index (χ2v) is 6.46. The van der Waals surface area contributed by atoms with Gasteiger partial charge in [-0.2, -0.15) is 0 Å². The van der Waals surface area contributed by atoms with Gasteiger partial charge in [-0.05, 0) is 43.4 Å². The lowest BCUT2D eigenvalue weighted by atomic mass is 9.90. The van der Waals surface area contributed by atoms with Gasteiger partial charge >= 0.3 is 5.97 Å². The molecular formula is C17H25ClN2O2. The van der Waals surface area contributed by atoms with Crippen LogP contribution in [0.5, 0.6) is 0 Å². The minimum absolute atomic E-state index is 0.106. The number of ether oxygens (including phenoxy) is 1. The number of benzene rings is 1. The predicted octanol–water partition coefficient (Wildman–Crippen LogP) is 2.83. The molecule has 5 heteroatoms. The van der Waals surface area contributed by atoms with Crippen molar-refractivity contribution in [3.05, 3.63) is 34.9 Å². The molecule has 2 unspecified atom stereocenters. The molecule has 4 nitrogen and oxygen atoms in total.